The number of rotatable bonds is 2. The molecular weight excluding hydrogens is 304 g/mol. The molecule has 0 aliphatic carbocycles. The summed E-state index contributed by atoms with van der Waals surface area (Å²) in [5.74, 6) is -1.07. The number of carbonyl (C=O) groups is 2. The summed E-state index contributed by atoms with van der Waals surface area (Å²) in [5, 5.41) is 5.32. The van der Waals surface area contributed by atoms with Crippen molar-refractivity contribution in [1.82, 2.24) is 0 Å². The van der Waals surface area contributed by atoms with Gasteiger partial charge in [-0.05, 0) is 26.9 Å². The Balaban J connectivity index is 2.37. The zero-order valence-corrected chi connectivity index (χ0v) is 13.3. The Bertz CT molecular complexity index is 1110. The number of hydrogen-bond donors (Lipinski definition) is 0. The first kappa shape index (κ1) is 14.5. The third-order valence-corrected chi connectivity index (χ3v) is 4.46. The second-order valence-corrected chi connectivity index (χ2v) is 5.57. The number of methoxy groups -OCH3 is 2. The highest BCUT2D eigenvalue weighted by molar-refractivity contribution is 6.38. The normalized spacial score (nSPS) is 11.2. The first-order chi connectivity index (χ1) is 11.7. The van der Waals surface area contributed by atoms with Gasteiger partial charge in [0.2, 0.25) is 0 Å². The first-order valence-electron chi connectivity index (χ1n) is 7.54. The highest BCUT2D eigenvalue weighted by Crippen LogP contribution is 2.44. The molecule has 0 atom stereocenters. The molecule has 0 unspecified atom stereocenters. The lowest BCUT2D eigenvalue weighted by atomic mass is 10.1. The average Bonchev–Trinajstić information content (AvgIpc) is 3.01. The van der Waals surface area contributed by atoms with Crippen molar-refractivity contribution >= 4 is 44.3 Å². The number of esters is 2. The van der Waals surface area contributed by atoms with Crippen LogP contribution in [0.4, 0.5) is 0 Å². The molecule has 0 radical (unpaired) electrons. The lowest BCUT2D eigenvalue weighted by Gasteiger charge is -2.03. The van der Waals surface area contributed by atoms with Gasteiger partial charge < -0.3 is 9.47 Å². The van der Waals surface area contributed by atoms with E-state index in [2.05, 4.69) is 0 Å². The van der Waals surface area contributed by atoms with Crippen LogP contribution in [0, 0.1) is 0 Å². The summed E-state index contributed by atoms with van der Waals surface area (Å²) in [5.41, 5.74) is 0.540. The van der Waals surface area contributed by atoms with Crippen LogP contribution in [0.15, 0.2) is 48.5 Å². The van der Waals surface area contributed by atoms with Gasteiger partial charge in [0.05, 0.1) is 25.3 Å². The van der Waals surface area contributed by atoms with Gasteiger partial charge in [-0.1, -0.05) is 48.5 Å². The summed E-state index contributed by atoms with van der Waals surface area (Å²) in [6.07, 6.45) is 0. The maximum atomic E-state index is 12.5. The van der Waals surface area contributed by atoms with Gasteiger partial charge in [0.1, 0.15) is 0 Å². The maximum absolute atomic E-state index is 12.5. The molecule has 0 heterocycles. The molecule has 0 aliphatic heterocycles. The molecule has 0 spiro atoms. The highest BCUT2D eigenvalue weighted by atomic mass is 16.5. The summed E-state index contributed by atoms with van der Waals surface area (Å²) in [4.78, 5) is 24.9. The molecule has 24 heavy (non-hydrogen) atoms. The van der Waals surface area contributed by atoms with E-state index >= 15 is 0 Å². The SMILES string of the molecule is COC(=O)c1c(C(=O)OC)c2c3ccccc3c3ccccc1c32. The number of hydrogen-bond acceptors (Lipinski definition) is 4. The van der Waals surface area contributed by atoms with Crippen molar-refractivity contribution in [3.05, 3.63) is 59.7 Å². The van der Waals surface area contributed by atoms with Gasteiger partial charge in [-0.3, -0.25) is 0 Å². The molecule has 0 fully saturated rings. The van der Waals surface area contributed by atoms with Crippen LogP contribution < -0.4 is 0 Å². The van der Waals surface area contributed by atoms with E-state index in [0.29, 0.717) is 5.39 Å². The van der Waals surface area contributed by atoms with E-state index in [9.17, 15) is 9.59 Å². The van der Waals surface area contributed by atoms with Crippen LogP contribution in [0.2, 0.25) is 0 Å². The Kier molecular flexibility index (Phi) is 3.13. The summed E-state index contributed by atoms with van der Waals surface area (Å²) in [7, 11) is 2.63. The average molecular weight is 318 g/mol. The van der Waals surface area contributed by atoms with Crippen LogP contribution in [0.1, 0.15) is 20.7 Å². The molecule has 0 amide bonds. The monoisotopic (exact) mass is 318 g/mol. The predicted octanol–water partition coefficient (Wildman–Crippen LogP) is 4.16. The largest absolute Gasteiger partial charge is 0.465 e. The van der Waals surface area contributed by atoms with Gasteiger partial charge in [0.25, 0.3) is 0 Å². The Morgan fingerprint density at radius 3 is 1.67 bits per heavy atom. The fraction of sp³-hybridized carbons (Fsp3) is 0.100. The topological polar surface area (TPSA) is 52.6 Å². The zero-order valence-electron chi connectivity index (χ0n) is 13.3. The van der Waals surface area contributed by atoms with Gasteiger partial charge in [0, 0.05) is 5.39 Å². The van der Waals surface area contributed by atoms with Crippen molar-refractivity contribution in [2.45, 2.75) is 0 Å². The van der Waals surface area contributed by atoms with Gasteiger partial charge >= 0.3 is 11.9 Å². The molecule has 0 saturated heterocycles. The van der Waals surface area contributed by atoms with Crippen molar-refractivity contribution in [1.29, 1.82) is 0 Å². The minimum atomic E-state index is -0.539. The standard InChI is InChI=1S/C20H14O4/c1-23-19(21)17-14-10-6-5-8-12-11-7-3-4-9-13(11)16(15(12)14)18(17)20(22)24-2/h3-10H,1-2H3. The second kappa shape index (κ2) is 5.20. The van der Waals surface area contributed by atoms with Gasteiger partial charge in [-0.15, -0.1) is 0 Å². The fourth-order valence-electron chi connectivity index (χ4n) is 3.53. The molecule has 0 N–H and O–H groups in total. The predicted molar refractivity (Wildman–Crippen MR) is 92.8 cm³/mol. The zero-order chi connectivity index (χ0) is 16.8. The van der Waals surface area contributed by atoms with Crippen LogP contribution in [-0.2, 0) is 9.47 Å². The Hall–Kier alpha value is -3.14. The lowest BCUT2D eigenvalue weighted by Crippen LogP contribution is -2.09. The van der Waals surface area contributed by atoms with Gasteiger partial charge in [-0.2, -0.15) is 0 Å². The quantitative estimate of drug-likeness (QED) is 0.521. The summed E-state index contributed by atoms with van der Waals surface area (Å²) in [6.45, 7) is 0. The molecule has 4 nitrogen and oxygen atoms in total. The smallest absolute Gasteiger partial charge is 0.339 e. The number of benzene rings is 1. The molecule has 0 aliphatic rings. The van der Waals surface area contributed by atoms with Crippen LogP contribution in [0.5, 0.6) is 0 Å². The Labute approximate surface area is 137 Å². The number of ether oxygens (including phenoxy) is 2. The number of carbonyl (C=O) groups excluding carboxylic acids is 2. The third kappa shape index (κ3) is 1.74. The van der Waals surface area contributed by atoms with Crippen LogP contribution in [0.3, 0.4) is 0 Å². The molecule has 4 heteroatoms. The van der Waals surface area contributed by atoms with Crippen LogP contribution in [0.25, 0.3) is 32.3 Å². The molecule has 0 bridgehead atoms. The van der Waals surface area contributed by atoms with E-state index in [4.69, 9.17) is 9.47 Å². The molecule has 4 rings (SSSR count). The molecule has 4 aromatic carbocycles. The number of fused-ring (bicyclic) bond motifs is 3. The van der Waals surface area contributed by atoms with Crippen LogP contribution in [-0.4, -0.2) is 26.2 Å². The van der Waals surface area contributed by atoms with Crippen molar-refractivity contribution in [2.24, 2.45) is 0 Å². The second-order valence-electron chi connectivity index (χ2n) is 5.57. The minimum absolute atomic E-state index is 0.265. The van der Waals surface area contributed by atoms with Crippen LogP contribution >= 0.6 is 0 Å². The van der Waals surface area contributed by atoms with E-state index in [1.807, 2.05) is 48.5 Å². The molecule has 0 aromatic heterocycles. The maximum Gasteiger partial charge on any atom is 0.339 e. The van der Waals surface area contributed by atoms with E-state index in [1.54, 1.807) is 0 Å². The molecule has 0 saturated carbocycles. The summed E-state index contributed by atoms with van der Waals surface area (Å²) in [6, 6.07) is 15.5. The third-order valence-electron chi connectivity index (χ3n) is 4.46. The van der Waals surface area contributed by atoms with Gasteiger partial charge in [0.15, 0.2) is 0 Å². The minimum Gasteiger partial charge on any atom is -0.465 e. The van der Waals surface area contributed by atoms with Crippen molar-refractivity contribution in [2.75, 3.05) is 14.2 Å². The lowest BCUT2D eigenvalue weighted by molar-refractivity contribution is 0.0559. The molecule has 118 valence electrons. The molecular formula is C20H14O4. The summed E-state index contributed by atoms with van der Waals surface area (Å²) >= 11 is 0. The van der Waals surface area contributed by atoms with Crippen molar-refractivity contribution < 1.29 is 19.1 Å². The summed E-state index contributed by atoms with van der Waals surface area (Å²) < 4.78 is 9.89. The van der Waals surface area contributed by atoms with E-state index in [0.717, 1.165) is 26.9 Å². The van der Waals surface area contributed by atoms with E-state index in [1.165, 1.54) is 14.2 Å². The Morgan fingerprint density at radius 1 is 0.625 bits per heavy atom. The Morgan fingerprint density at radius 2 is 1.08 bits per heavy atom. The van der Waals surface area contributed by atoms with Crippen molar-refractivity contribution in [3.8, 4) is 0 Å². The molecule has 4 aromatic rings. The van der Waals surface area contributed by atoms with Crippen molar-refractivity contribution in [3.63, 3.8) is 0 Å². The first-order valence-corrected chi connectivity index (χ1v) is 7.54. The fourth-order valence-corrected chi connectivity index (χ4v) is 3.53. The van der Waals surface area contributed by atoms with E-state index < -0.39 is 11.9 Å². The highest BCUT2D eigenvalue weighted by Gasteiger charge is 2.30. The van der Waals surface area contributed by atoms with Gasteiger partial charge in [-0.25, -0.2) is 9.59 Å². The van der Waals surface area contributed by atoms with E-state index in [-0.39, 0.29) is 11.1 Å².